The topological polar surface area (TPSA) is 56.1 Å². The Kier molecular flexibility index (Phi) is 9.12. The quantitative estimate of drug-likeness (QED) is 0.309. The summed E-state index contributed by atoms with van der Waals surface area (Å²) in [5.74, 6) is 0.858. The number of carbonyl (C=O) groups is 1. The van der Waals surface area contributed by atoms with Gasteiger partial charge in [-0.3, -0.25) is 4.79 Å². The van der Waals surface area contributed by atoms with Crippen LogP contribution in [0.15, 0.2) is 35.7 Å². The maximum atomic E-state index is 13.2. The highest BCUT2D eigenvalue weighted by molar-refractivity contribution is 7.13. The third-order valence-corrected chi connectivity index (χ3v) is 7.08. The molecule has 1 unspecified atom stereocenters. The molecule has 0 saturated heterocycles. The number of rotatable bonds is 12. The van der Waals surface area contributed by atoms with Crippen LogP contribution in [0.5, 0.6) is 5.75 Å². The molecule has 0 fully saturated rings. The SMILES string of the molecule is CCCCC(CC)NC(=O)c1cc(-c2csc(-c3ccc(OC)cc3)n2)n(CCCC)c1C. The van der Waals surface area contributed by atoms with E-state index in [0.29, 0.717) is 0 Å². The van der Waals surface area contributed by atoms with Crippen molar-refractivity contribution in [2.45, 2.75) is 78.8 Å². The van der Waals surface area contributed by atoms with Crippen molar-refractivity contribution < 1.29 is 9.53 Å². The van der Waals surface area contributed by atoms with Gasteiger partial charge in [-0.1, -0.05) is 40.0 Å². The van der Waals surface area contributed by atoms with E-state index < -0.39 is 0 Å². The highest BCUT2D eigenvalue weighted by Gasteiger charge is 2.21. The molecule has 33 heavy (non-hydrogen) atoms. The molecule has 2 heterocycles. The van der Waals surface area contributed by atoms with Gasteiger partial charge < -0.3 is 14.6 Å². The molecular weight excluding hydrogens is 430 g/mol. The lowest BCUT2D eigenvalue weighted by atomic mass is 10.1. The molecule has 3 aromatic rings. The van der Waals surface area contributed by atoms with Gasteiger partial charge in [0, 0.05) is 29.2 Å². The van der Waals surface area contributed by atoms with Gasteiger partial charge in [-0.15, -0.1) is 11.3 Å². The van der Waals surface area contributed by atoms with E-state index >= 15 is 0 Å². The summed E-state index contributed by atoms with van der Waals surface area (Å²) in [5, 5.41) is 6.32. The van der Waals surface area contributed by atoms with Crippen molar-refractivity contribution in [1.29, 1.82) is 0 Å². The summed E-state index contributed by atoms with van der Waals surface area (Å²) in [6.07, 6.45) is 6.41. The highest BCUT2D eigenvalue weighted by atomic mass is 32.1. The molecule has 0 aliphatic carbocycles. The van der Waals surface area contributed by atoms with Gasteiger partial charge in [-0.2, -0.15) is 0 Å². The number of unbranched alkanes of at least 4 members (excludes halogenated alkanes) is 2. The minimum absolute atomic E-state index is 0.0255. The number of thiazole rings is 1. The zero-order valence-electron chi connectivity index (χ0n) is 20.6. The Morgan fingerprint density at radius 3 is 2.52 bits per heavy atom. The summed E-state index contributed by atoms with van der Waals surface area (Å²) < 4.78 is 7.53. The summed E-state index contributed by atoms with van der Waals surface area (Å²) in [4.78, 5) is 18.1. The second-order valence-electron chi connectivity index (χ2n) is 8.52. The van der Waals surface area contributed by atoms with E-state index in [0.717, 1.165) is 84.0 Å². The van der Waals surface area contributed by atoms with Gasteiger partial charge >= 0.3 is 0 Å². The summed E-state index contributed by atoms with van der Waals surface area (Å²) in [6, 6.07) is 10.2. The second-order valence-corrected chi connectivity index (χ2v) is 9.38. The number of methoxy groups -OCH3 is 1. The molecule has 1 aromatic carbocycles. The largest absolute Gasteiger partial charge is 0.497 e. The molecule has 6 heteroatoms. The average Bonchev–Trinajstić information content (AvgIpc) is 3.45. The number of hydrogen-bond donors (Lipinski definition) is 1. The van der Waals surface area contributed by atoms with Crippen molar-refractivity contribution in [3.05, 3.63) is 47.0 Å². The Morgan fingerprint density at radius 2 is 1.88 bits per heavy atom. The van der Waals surface area contributed by atoms with E-state index in [1.165, 1.54) is 0 Å². The van der Waals surface area contributed by atoms with Crippen molar-refractivity contribution in [3.63, 3.8) is 0 Å². The molecule has 0 aliphatic rings. The molecule has 0 spiro atoms. The fourth-order valence-corrected chi connectivity index (χ4v) is 4.86. The minimum atomic E-state index is 0.0255. The fourth-order valence-electron chi connectivity index (χ4n) is 4.04. The van der Waals surface area contributed by atoms with Crippen LogP contribution in [0.2, 0.25) is 0 Å². The Balaban J connectivity index is 1.91. The van der Waals surface area contributed by atoms with Crippen LogP contribution in [0.1, 0.15) is 75.3 Å². The molecule has 3 rings (SSSR count). The smallest absolute Gasteiger partial charge is 0.253 e. The number of aromatic nitrogens is 2. The van der Waals surface area contributed by atoms with Crippen molar-refractivity contribution in [2.75, 3.05) is 7.11 Å². The predicted molar refractivity (Wildman–Crippen MR) is 138 cm³/mol. The van der Waals surface area contributed by atoms with Crippen LogP contribution in [0.4, 0.5) is 0 Å². The van der Waals surface area contributed by atoms with Crippen LogP contribution in [-0.4, -0.2) is 28.6 Å². The number of carbonyl (C=O) groups excluding carboxylic acids is 1. The number of nitrogens with one attached hydrogen (secondary N) is 1. The van der Waals surface area contributed by atoms with Crippen LogP contribution in [0, 0.1) is 6.92 Å². The van der Waals surface area contributed by atoms with Gasteiger partial charge in [0.1, 0.15) is 10.8 Å². The van der Waals surface area contributed by atoms with Crippen molar-refractivity contribution in [1.82, 2.24) is 14.9 Å². The van der Waals surface area contributed by atoms with Crippen molar-refractivity contribution in [3.8, 4) is 27.7 Å². The number of ether oxygens (including phenoxy) is 1. The predicted octanol–water partition coefficient (Wildman–Crippen LogP) is 7.09. The first kappa shape index (κ1) is 25.0. The maximum Gasteiger partial charge on any atom is 0.253 e. The molecule has 1 atom stereocenters. The third kappa shape index (κ3) is 6.05. The summed E-state index contributed by atoms with van der Waals surface area (Å²) >= 11 is 1.62. The zero-order valence-corrected chi connectivity index (χ0v) is 21.4. The summed E-state index contributed by atoms with van der Waals surface area (Å²) in [6.45, 7) is 9.45. The zero-order chi connectivity index (χ0) is 23.8. The number of nitrogens with zero attached hydrogens (tertiary/aromatic N) is 2. The van der Waals surface area contributed by atoms with Crippen LogP contribution >= 0.6 is 11.3 Å². The number of hydrogen-bond acceptors (Lipinski definition) is 4. The molecular formula is C27H37N3O2S. The van der Waals surface area contributed by atoms with E-state index in [1.54, 1.807) is 18.4 Å². The molecule has 2 aromatic heterocycles. The lowest BCUT2D eigenvalue weighted by molar-refractivity contribution is 0.0932. The Morgan fingerprint density at radius 1 is 1.15 bits per heavy atom. The van der Waals surface area contributed by atoms with Crippen LogP contribution in [0.25, 0.3) is 22.0 Å². The van der Waals surface area contributed by atoms with E-state index in [-0.39, 0.29) is 11.9 Å². The van der Waals surface area contributed by atoms with E-state index in [1.807, 2.05) is 30.3 Å². The minimum Gasteiger partial charge on any atom is -0.497 e. The fraction of sp³-hybridized carbons (Fsp3) is 0.481. The molecule has 0 aliphatic heterocycles. The van der Waals surface area contributed by atoms with Gasteiger partial charge in [-0.25, -0.2) is 4.98 Å². The third-order valence-electron chi connectivity index (χ3n) is 6.18. The van der Waals surface area contributed by atoms with Crippen LogP contribution in [0.3, 0.4) is 0 Å². The highest BCUT2D eigenvalue weighted by Crippen LogP contribution is 2.32. The molecule has 0 saturated carbocycles. The Hall–Kier alpha value is -2.60. The second kappa shape index (κ2) is 12.0. The number of benzene rings is 1. The molecule has 178 valence electrons. The lowest BCUT2D eigenvalue weighted by Gasteiger charge is -2.16. The van der Waals surface area contributed by atoms with Gasteiger partial charge in [0.25, 0.3) is 5.91 Å². The molecule has 5 nitrogen and oxygen atoms in total. The van der Waals surface area contributed by atoms with Gasteiger partial charge in [0.15, 0.2) is 0 Å². The van der Waals surface area contributed by atoms with Gasteiger partial charge in [-0.05, 0) is 56.5 Å². The normalized spacial score (nSPS) is 12.0. The summed E-state index contributed by atoms with van der Waals surface area (Å²) in [7, 11) is 1.67. The van der Waals surface area contributed by atoms with Gasteiger partial charge in [0.05, 0.1) is 24.1 Å². The molecule has 0 radical (unpaired) electrons. The van der Waals surface area contributed by atoms with E-state index in [4.69, 9.17) is 9.72 Å². The summed E-state index contributed by atoms with van der Waals surface area (Å²) in [5.41, 5.74) is 4.77. The molecule has 1 amide bonds. The van der Waals surface area contributed by atoms with Gasteiger partial charge in [0.2, 0.25) is 0 Å². The van der Waals surface area contributed by atoms with Crippen LogP contribution in [-0.2, 0) is 6.54 Å². The standard InChI is InChI=1S/C27H37N3O2S/c1-6-9-11-21(8-3)28-26(31)23-17-25(30(19(23)4)16-10-7-2)24-18-33-27(29-24)20-12-14-22(32-5)15-13-20/h12-15,17-18,21H,6-11,16H2,1-5H3,(H,28,31). The van der Waals surface area contributed by atoms with E-state index in [2.05, 4.69) is 43.0 Å². The first-order chi connectivity index (χ1) is 16.0. The Bertz CT molecular complexity index is 1040. The lowest BCUT2D eigenvalue weighted by Crippen LogP contribution is -2.34. The maximum absolute atomic E-state index is 13.2. The Labute approximate surface area is 202 Å². The molecule has 1 N–H and O–H groups in total. The average molecular weight is 468 g/mol. The number of amides is 1. The first-order valence-corrected chi connectivity index (χ1v) is 13.0. The first-order valence-electron chi connectivity index (χ1n) is 12.1. The van der Waals surface area contributed by atoms with Crippen molar-refractivity contribution >= 4 is 17.2 Å². The van der Waals surface area contributed by atoms with Crippen LogP contribution < -0.4 is 10.1 Å². The van der Waals surface area contributed by atoms with Crippen molar-refractivity contribution in [2.24, 2.45) is 0 Å². The monoisotopic (exact) mass is 467 g/mol. The molecule has 0 bridgehead atoms. The van der Waals surface area contributed by atoms with E-state index in [9.17, 15) is 4.79 Å².